The van der Waals surface area contributed by atoms with Crippen LogP contribution in [-0.4, -0.2) is 0 Å². The van der Waals surface area contributed by atoms with Gasteiger partial charge in [0.1, 0.15) is 5.82 Å². The van der Waals surface area contributed by atoms with Crippen molar-refractivity contribution < 1.29 is 4.39 Å². The first-order chi connectivity index (χ1) is 7.95. The van der Waals surface area contributed by atoms with Gasteiger partial charge in [0.2, 0.25) is 0 Å². The molecule has 0 heterocycles. The van der Waals surface area contributed by atoms with E-state index < -0.39 is 5.54 Å². The lowest BCUT2D eigenvalue weighted by molar-refractivity contribution is 0.200. The van der Waals surface area contributed by atoms with Crippen LogP contribution >= 0.6 is 0 Å². The average Bonchev–Trinajstić information content (AvgIpc) is 2.21. The summed E-state index contributed by atoms with van der Waals surface area (Å²) in [6.45, 7) is 6.05. The van der Waals surface area contributed by atoms with Gasteiger partial charge in [0.15, 0.2) is 0 Å². The summed E-state index contributed by atoms with van der Waals surface area (Å²) >= 11 is 0. The maximum atomic E-state index is 14.2. The lowest BCUT2D eigenvalue weighted by atomic mass is 9.69. The first-order valence-corrected chi connectivity index (χ1v) is 6.51. The quantitative estimate of drug-likeness (QED) is 0.787. The second-order valence-electron chi connectivity index (χ2n) is 5.63. The van der Waals surface area contributed by atoms with Crippen molar-refractivity contribution in [2.24, 2.45) is 11.7 Å². The number of rotatable bonds is 1. The maximum absolute atomic E-state index is 14.2. The normalized spacial score (nSPS) is 29.4. The van der Waals surface area contributed by atoms with Crippen LogP contribution in [0.1, 0.15) is 49.3 Å². The minimum atomic E-state index is -0.472. The fourth-order valence-corrected chi connectivity index (χ4v) is 3.25. The molecule has 1 aliphatic carbocycles. The lowest BCUT2D eigenvalue weighted by Crippen LogP contribution is -2.46. The van der Waals surface area contributed by atoms with Crippen LogP contribution in [-0.2, 0) is 5.54 Å². The molecule has 1 aromatic carbocycles. The van der Waals surface area contributed by atoms with Gasteiger partial charge in [0.25, 0.3) is 0 Å². The van der Waals surface area contributed by atoms with Gasteiger partial charge >= 0.3 is 0 Å². The number of aryl methyl sites for hydroxylation is 2. The highest BCUT2D eigenvalue weighted by Crippen LogP contribution is 2.41. The molecule has 1 saturated carbocycles. The SMILES string of the molecule is Cc1cc(C)c(C2(N)CCCCC2C)c(F)c1. The summed E-state index contributed by atoms with van der Waals surface area (Å²) in [5.74, 6) is 0.228. The molecular formula is C15H22FN. The molecule has 2 atom stereocenters. The monoisotopic (exact) mass is 235 g/mol. The van der Waals surface area contributed by atoms with Crippen LogP contribution in [0.4, 0.5) is 4.39 Å². The van der Waals surface area contributed by atoms with Crippen LogP contribution in [0.3, 0.4) is 0 Å². The zero-order chi connectivity index (χ0) is 12.6. The molecule has 0 amide bonds. The molecule has 1 nitrogen and oxygen atoms in total. The number of benzene rings is 1. The maximum Gasteiger partial charge on any atom is 0.128 e. The van der Waals surface area contributed by atoms with Crippen LogP contribution in [0.15, 0.2) is 12.1 Å². The lowest BCUT2D eigenvalue weighted by Gasteiger charge is -2.41. The molecule has 2 unspecified atom stereocenters. The molecule has 0 radical (unpaired) electrons. The Labute approximate surface area is 103 Å². The third-order valence-corrected chi connectivity index (χ3v) is 4.25. The Morgan fingerprint density at radius 3 is 2.59 bits per heavy atom. The summed E-state index contributed by atoms with van der Waals surface area (Å²) in [7, 11) is 0. The molecule has 0 aromatic heterocycles. The first-order valence-electron chi connectivity index (χ1n) is 6.51. The van der Waals surface area contributed by atoms with Crippen molar-refractivity contribution >= 4 is 0 Å². The van der Waals surface area contributed by atoms with Crippen molar-refractivity contribution in [3.8, 4) is 0 Å². The van der Waals surface area contributed by atoms with Crippen molar-refractivity contribution in [2.75, 3.05) is 0 Å². The van der Waals surface area contributed by atoms with Gasteiger partial charge in [-0.25, -0.2) is 4.39 Å². The smallest absolute Gasteiger partial charge is 0.128 e. The predicted octanol–water partition coefficient (Wildman–Crippen LogP) is 3.81. The molecule has 94 valence electrons. The molecular weight excluding hydrogens is 213 g/mol. The molecule has 17 heavy (non-hydrogen) atoms. The summed E-state index contributed by atoms with van der Waals surface area (Å²) in [6, 6.07) is 3.65. The van der Waals surface area contributed by atoms with Gasteiger partial charge in [-0.1, -0.05) is 25.8 Å². The van der Waals surface area contributed by atoms with Crippen molar-refractivity contribution in [3.63, 3.8) is 0 Å². The Hall–Kier alpha value is -0.890. The summed E-state index contributed by atoms with van der Waals surface area (Å²) in [5.41, 5.74) is 8.78. The fourth-order valence-electron chi connectivity index (χ4n) is 3.25. The van der Waals surface area contributed by atoms with Crippen molar-refractivity contribution in [1.82, 2.24) is 0 Å². The van der Waals surface area contributed by atoms with Crippen LogP contribution in [0.2, 0.25) is 0 Å². The number of halogens is 1. The Balaban J connectivity index is 2.52. The summed E-state index contributed by atoms with van der Waals surface area (Å²) in [4.78, 5) is 0. The number of nitrogens with two attached hydrogens (primary N) is 1. The Bertz CT molecular complexity index is 404. The van der Waals surface area contributed by atoms with Gasteiger partial charge in [-0.05, 0) is 49.8 Å². The molecule has 0 spiro atoms. The highest BCUT2D eigenvalue weighted by molar-refractivity contribution is 5.38. The number of hydrogen-bond donors (Lipinski definition) is 1. The highest BCUT2D eigenvalue weighted by Gasteiger charge is 2.38. The molecule has 0 aliphatic heterocycles. The average molecular weight is 235 g/mol. The minimum absolute atomic E-state index is 0.126. The van der Waals surface area contributed by atoms with E-state index in [-0.39, 0.29) is 5.82 Å². The predicted molar refractivity (Wildman–Crippen MR) is 69.4 cm³/mol. The minimum Gasteiger partial charge on any atom is -0.321 e. The molecule has 1 fully saturated rings. The largest absolute Gasteiger partial charge is 0.321 e. The molecule has 2 N–H and O–H groups in total. The fraction of sp³-hybridized carbons (Fsp3) is 0.600. The van der Waals surface area contributed by atoms with E-state index in [9.17, 15) is 4.39 Å². The Morgan fingerprint density at radius 1 is 1.29 bits per heavy atom. The summed E-state index contributed by atoms with van der Waals surface area (Å²) < 4.78 is 14.2. The van der Waals surface area contributed by atoms with Gasteiger partial charge in [-0.3, -0.25) is 0 Å². The number of hydrogen-bond acceptors (Lipinski definition) is 1. The second kappa shape index (κ2) is 4.41. The van der Waals surface area contributed by atoms with Crippen molar-refractivity contribution in [3.05, 3.63) is 34.6 Å². The van der Waals surface area contributed by atoms with Gasteiger partial charge in [-0.15, -0.1) is 0 Å². The van der Waals surface area contributed by atoms with Crippen LogP contribution in [0, 0.1) is 25.6 Å². The molecule has 0 bridgehead atoms. The van der Waals surface area contributed by atoms with Crippen LogP contribution < -0.4 is 5.73 Å². The topological polar surface area (TPSA) is 26.0 Å². The zero-order valence-corrected chi connectivity index (χ0v) is 11.0. The Kier molecular flexibility index (Phi) is 3.26. The van der Waals surface area contributed by atoms with Crippen molar-refractivity contribution in [2.45, 2.75) is 52.0 Å². The van der Waals surface area contributed by atoms with E-state index in [0.717, 1.165) is 36.0 Å². The van der Waals surface area contributed by atoms with Crippen LogP contribution in [0.25, 0.3) is 0 Å². The highest BCUT2D eigenvalue weighted by atomic mass is 19.1. The Morgan fingerprint density at radius 2 is 2.00 bits per heavy atom. The van der Waals surface area contributed by atoms with E-state index in [4.69, 9.17) is 5.73 Å². The first kappa shape index (κ1) is 12.6. The van der Waals surface area contributed by atoms with Crippen molar-refractivity contribution in [1.29, 1.82) is 0 Å². The van der Waals surface area contributed by atoms with E-state index in [1.54, 1.807) is 6.07 Å². The summed E-state index contributed by atoms with van der Waals surface area (Å²) in [5, 5.41) is 0. The van der Waals surface area contributed by atoms with E-state index in [1.807, 2.05) is 19.9 Å². The molecule has 0 saturated heterocycles. The molecule has 2 heteroatoms. The van der Waals surface area contributed by atoms with E-state index in [2.05, 4.69) is 6.92 Å². The van der Waals surface area contributed by atoms with E-state index >= 15 is 0 Å². The molecule has 2 rings (SSSR count). The van der Waals surface area contributed by atoms with Gasteiger partial charge in [0, 0.05) is 11.1 Å². The third kappa shape index (κ3) is 2.11. The van der Waals surface area contributed by atoms with Gasteiger partial charge in [-0.2, -0.15) is 0 Å². The van der Waals surface area contributed by atoms with Gasteiger partial charge < -0.3 is 5.73 Å². The second-order valence-corrected chi connectivity index (χ2v) is 5.63. The van der Waals surface area contributed by atoms with E-state index in [1.165, 1.54) is 6.42 Å². The van der Waals surface area contributed by atoms with Gasteiger partial charge in [0.05, 0.1) is 0 Å². The summed E-state index contributed by atoms with van der Waals surface area (Å²) in [6.07, 6.45) is 4.32. The third-order valence-electron chi connectivity index (χ3n) is 4.25. The van der Waals surface area contributed by atoms with Crippen LogP contribution in [0.5, 0.6) is 0 Å². The zero-order valence-electron chi connectivity index (χ0n) is 11.0. The van der Waals surface area contributed by atoms with E-state index in [0.29, 0.717) is 5.92 Å². The standard InChI is InChI=1S/C15H22FN/c1-10-8-11(2)14(13(16)9-10)15(17)7-5-4-6-12(15)3/h8-9,12H,4-7,17H2,1-3H3. The molecule has 1 aliphatic rings. The molecule has 1 aromatic rings.